The molecule has 30 heavy (non-hydrogen) atoms. The van der Waals surface area contributed by atoms with E-state index in [1.165, 1.54) is 0 Å². The van der Waals surface area contributed by atoms with Crippen LogP contribution in [-0.4, -0.2) is 37.0 Å². The van der Waals surface area contributed by atoms with E-state index >= 15 is 0 Å². The van der Waals surface area contributed by atoms with Crippen LogP contribution in [0, 0.1) is 6.58 Å². The maximum atomic E-state index is 12.7. The third kappa shape index (κ3) is 3.86. The number of aromatic nitrogens is 2. The number of rotatable bonds is 8. The van der Waals surface area contributed by atoms with E-state index in [4.69, 9.17) is 11.3 Å². The summed E-state index contributed by atoms with van der Waals surface area (Å²) in [4.78, 5) is 11.0. The van der Waals surface area contributed by atoms with Crippen LogP contribution in [0.1, 0.15) is 0 Å². The maximum Gasteiger partial charge on any atom is 0.229 e. The SMILES string of the molecule is [CH+]=CCNc1ccc(Nc2ncc3c(n2)N3c2ccccc2P(C)(C)=O)c(OC)c1. The summed E-state index contributed by atoms with van der Waals surface area (Å²) >= 11 is 0. The van der Waals surface area contributed by atoms with E-state index in [9.17, 15) is 4.57 Å². The number of methoxy groups -OCH3 is 1. The summed E-state index contributed by atoms with van der Waals surface area (Å²) in [6, 6.07) is 13.4. The van der Waals surface area contributed by atoms with Crippen molar-refractivity contribution in [2.75, 3.05) is 42.5 Å². The van der Waals surface area contributed by atoms with Crippen LogP contribution < -0.4 is 25.6 Å². The van der Waals surface area contributed by atoms with Gasteiger partial charge in [0.1, 0.15) is 18.6 Å². The van der Waals surface area contributed by atoms with Crippen LogP contribution in [0.2, 0.25) is 0 Å². The van der Waals surface area contributed by atoms with Gasteiger partial charge in [-0.05, 0) is 37.6 Å². The Hall–Kier alpha value is -3.40. The van der Waals surface area contributed by atoms with Gasteiger partial charge in [0, 0.05) is 17.1 Å². The predicted molar refractivity (Wildman–Crippen MR) is 123 cm³/mol. The average Bonchev–Trinajstić information content (AvgIpc) is 3.45. The smallest absolute Gasteiger partial charge is 0.229 e. The molecule has 1 aromatic heterocycles. The molecule has 1 aliphatic rings. The van der Waals surface area contributed by atoms with Crippen LogP contribution >= 0.6 is 7.14 Å². The molecule has 0 amide bonds. The van der Waals surface area contributed by atoms with Gasteiger partial charge in [-0.3, -0.25) is 4.90 Å². The molecule has 2 N–H and O–H groups in total. The van der Waals surface area contributed by atoms with E-state index in [0.29, 0.717) is 18.2 Å². The fourth-order valence-corrected chi connectivity index (χ4v) is 4.43. The second-order valence-corrected chi connectivity index (χ2v) is 10.4. The van der Waals surface area contributed by atoms with Gasteiger partial charge in [0.05, 0.1) is 31.2 Å². The van der Waals surface area contributed by atoms with Gasteiger partial charge in [-0.2, -0.15) is 4.98 Å². The summed E-state index contributed by atoms with van der Waals surface area (Å²) in [5, 5.41) is 7.21. The zero-order valence-electron chi connectivity index (χ0n) is 17.1. The number of nitrogens with one attached hydrogen (secondary N) is 2. The Bertz CT molecular complexity index is 1160. The monoisotopic (exact) mass is 420 g/mol. The molecular formula is C22H23N5O2P+. The molecule has 0 bridgehead atoms. The van der Waals surface area contributed by atoms with E-state index in [-0.39, 0.29) is 0 Å². The Labute approximate surface area is 176 Å². The van der Waals surface area contributed by atoms with Crippen LogP contribution in [-0.2, 0) is 4.57 Å². The summed E-state index contributed by atoms with van der Waals surface area (Å²) in [5.74, 6) is 1.91. The number of anilines is 6. The largest absolute Gasteiger partial charge is 0.494 e. The van der Waals surface area contributed by atoms with Crippen LogP contribution in [0.25, 0.3) is 0 Å². The van der Waals surface area contributed by atoms with Gasteiger partial charge in [-0.15, -0.1) is 0 Å². The molecule has 0 fully saturated rings. The van der Waals surface area contributed by atoms with Crippen molar-refractivity contribution in [2.24, 2.45) is 0 Å². The lowest BCUT2D eigenvalue weighted by atomic mass is 10.2. The Kier molecular flexibility index (Phi) is 5.17. The highest BCUT2D eigenvalue weighted by Gasteiger charge is 2.36. The zero-order chi connectivity index (χ0) is 21.3. The summed E-state index contributed by atoms with van der Waals surface area (Å²) in [5.41, 5.74) is 3.44. The van der Waals surface area contributed by atoms with Gasteiger partial charge in [-0.25, -0.2) is 4.98 Å². The van der Waals surface area contributed by atoms with Crippen LogP contribution in [0.4, 0.5) is 34.5 Å². The first kappa shape index (κ1) is 19.9. The van der Waals surface area contributed by atoms with Gasteiger partial charge in [-0.1, -0.05) is 12.1 Å². The molecule has 8 heteroatoms. The molecule has 2 aromatic carbocycles. The van der Waals surface area contributed by atoms with E-state index in [1.807, 2.05) is 47.4 Å². The molecule has 0 saturated heterocycles. The number of benzene rings is 2. The molecule has 1 aliphatic heterocycles. The molecule has 2 heterocycles. The summed E-state index contributed by atoms with van der Waals surface area (Å²) in [6.45, 7) is 9.52. The van der Waals surface area contributed by atoms with Gasteiger partial charge >= 0.3 is 0 Å². The van der Waals surface area contributed by atoms with E-state index in [0.717, 1.165) is 33.9 Å². The highest BCUT2D eigenvalue weighted by atomic mass is 31.2. The maximum absolute atomic E-state index is 12.7. The van der Waals surface area contributed by atoms with Crippen molar-refractivity contribution in [3.05, 3.63) is 61.3 Å². The third-order valence-corrected chi connectivity index (χ3v) is 6.27. The summed E-state index contributed by atoms with van der Waals surface area (Å²) in [6.07, 6.45) is 3.31. The minimum absolute atomic E-state index is 0.458. The van der Waals surface area contributed by atoms with Crippen molar-refractivity contribution in [3.63, 3.8) is 0 Å². The van der Waals surface area contributed by atoms with E-state index < -0.39 is 7.14 Å². The quantitative estimate of drug-likeness (QED) is 0.244. The minimum atomic E-state index is -2.43. The van der Waals surface area contributed by atoms with Gasteiger partial charge < -0.3 is 19.9 Å². The topological polar surface area (TPSA) is 79.2 Å². The van der Waals surface area contributed by atoms with Crippen molar-refractivity contribution in [1.82, 2.24) is 9.97 Å². The first-order valence-corrected chi connectivity index (χ1v) is 12.1. The van der Waals surface area contributed by atoms with Gasteiger partial charge in [0.15, 0.2) is 11.9 Å². The second kappa shape index (κ2) is 7.79. The number of hydrogen-bond donors (Lipinski definition) is 2. The number of fused-ring (bicyclic) bond motifs is 1. The van der Waals surface area contributed by atoms with Crippen LogP contribution in [0.15, 0.2) is 54.7 Å². The summed E-state index contributed by atoms with van der Waals surface area (Å²) < 4.78 is 18.2. The standard InChI is InChI=1S/C22H23N5O2P/c1-5-12-23-15-10-11-16(19(13-15)29-2)25-22-24-14-18-21(26-22)27(18)17-8-6-7-9-20(17)30(3,4)28/h1,5-11,13-14,23H,12H2,2-4H3,(H,24,25,26)/q+1. The zero-order valence-corrected chi connectivity index (χ0v) is 18.0. The molecular weight excluding hydrogens is 397 g/mol. The lowest BCUT2D eigenvalue weighted by Gasteiger charge is -2.13. The second-order valence-electron chi connectivity index (χ2n) is 7.23. The number of para-hydroxylation sites is 1. The lowest BCUT2D eigenvalue weighted by Crippen LogP contribution is -2.09. The number of nitrogens with zero attached hydrogens (tertiary/aromatic N) is 3. The Morgan fingerprint density at radius 2 is 2.00 bits per heavy atom. The van der Waals surface area contributed by atoms with E-state index in [1.54, 1.807) is 32.7 Å². The van der Waals surface area contributed by atoms with Gasteiger partial charge in [0.2, 0.25) is 12.5 Å². The van der Waals surface area contributed by atoms with Crippen molar-refractivity contribution in [2.45, 2.75) is 0 Å². The highest BCUT2D eigenvalue weighted by Crippen LogP contribution is 2.53. The molecule has 0 radical (unpaired) electrons. The fraction of sp³-hybridized carbons (Fsp3) is 0.182. The molecule has 7 nitrogen and oxygen atoms in total. The molecule has 0 atom stereocenters. The minimum Gasteiger partial charge on any atom is -0.494 e. The fourth-order valence-electron chi connectivity index (χ4n) is 3.26. The first-order valence-electron chi connectivity index (χ1n) is 9.46. The molecule has 0 spiro atoms. The molecule has 152 valence electrons. The van der Waals surface area contributed by atoms with Crippen molar-refractivity contribution in [3.8, 4) is 5.75 Å². The number of ether oxygens (including phenoxy) is 1. The molecule has 3 aromatic rings. The third-order valence-electron chi connectivity index (χ3n) is 4.73. The average molecular weight is 420 g/mol. The number of hydrogen-bond acceptors (Lipinski definition) is 7. The van der Waals surface area contributed by atoms with Crippen LogP contribution in [0.3, 0.4) is 0 Å². The first-order chi connectivity index (χ1) is 14.4. The lowest BCUT2D eigenvalue weighted by molar-refractivity contribution is 0.417. The Morgan fingerprint density at radius 3 is 2.73 bits per heavy atom. The molecule has 0 aliphatic carbocycles. The normalized spacial score (nSPS) is 12.1. The highest BCUT2D eigenvalue weighted by molar-refractivity contribution is 7.70. The van der Waals surface area contributed by atoms with Crippen molar-refractivity contribution >= 4 is 47.0 Å². The van der Waals surface area contributed by atoms with Crippen LogP contribution in [0.5, 0.6) is 5.75 Å². The molecule has 0 unspecified atom stereocenters. The van der Waals surface area contributed by atoms with E-state index in [2.05, 4.69) is 20.6 Å². The van der Waals surface area contributed by atoms with Crippen molar-refractivity contribution < 1.29 is 9.30 Å². The Balaban J connectivity index is 1.57. The molecule has 4 rings (SSSR count). The summed E-state index contributed by atoms with van der Waals surface area (Å²) in [7, 11) is -0.816. The predicted octanol–water partition coefficient (Wildman–Crippen LogP) is 4.66. The van der Waals surface area contributed by atoms with Crippen molar-refractivity contribution in [1.29, 1.82) is 0 Å². The molecule has 0 saturated carbocycles. The van der Waals surface area contributed by atoms with Gasteiger partial charge in [0.25, 0.3) is 0 Å². The Morgan fingerprint density at radius 1 is 1.20 bits per heavy atom.